The Labute approximate surface area is 190 Å². The number of carbonyl (C=O) groups is 2. The van der Waals surface area contributed by atoms with Gasteiger partial charge in [0.15, 0.2) is 5.97 Å². The van der Waals surface area contributed by atoms with Crippen LogP contribution in [0.15, 0.2) is 40.6 Å². The van der Waals surface area contributed by atoms with Crippen molar-refractivity contribution in [2.75, 3.05) is 26.2 Å². The highest BCUT2D eigenvalue weighted by atomic mass is 32.1. The molecule has 31 heavy (non-hydrogen) atoms. The summed E-state index contributed by atoms with van der Waals surface area (Å²) in [6.07, 6.45) is 2.04. The maximum absolute atomic E-state index is 10.2. The van der Waals surface area contributed by atoms with Gasteiger partial charge in [-0.15, -0.1) is 22.7 Å². The second-order valence-electron chi connectivity index (χ2n) is 7.52. The van der Waals surface area contributed by atoms with Crippen LogP contribution in [-0.4, -0.2) is 60.6 Å². The monoisotopic (exact) mass is 467 g/mol. The fourth-order valence-electron chi connectivity index (χ4n) is 3.37. The molecular formula is C22H29NO6S2. The van der Waals surface area contributed by atoms with Crippen LogP contribution >= 0.6 is 22.7 Å². The van der Waals surface area contributed by atoms with Gasteiger partial charge in [0, 0.05) is 28.2 Å². The van der Waals surface area contributed by atoms with Gasteiger partial charge in [-0.2, -0.15) is 0 Å². The van der Waals surface area contributed by atoms with Crippen molar-refractivity contribution >= 4 is 40.2 Å². The van der Waals surface area contributed by atoms with E-state index < -0.39 is 11.9 Å². The zero-order chi connectivity index (χ0) is 22.8. The van der Waals surface area contributed by atoms with Crippen molar-refractivity contribution in [3.8, 4) is 0 Å². The second-order valence-corrected chi connectivity index (χ2v) is 9.41. The Morgan fingerprint density at radius 1 is 1.13 bits per heavy atom. The minimum Gasteiger partial charge on any atom is -0.539 e. The Balaban J connectivity index is 0.000000501. The highest BCUT2D eigenvalue weighted by Crippen LogP contribution is 2.35. The summed E-state index contributed by atoms with van der Waals surface area (Å²) < 4.78 is 5.53. The van der Waals surface area contributed by atoms with Crippen molar-refractivity contribution < 1.29 is 34.5 Å². The highest BCUT2D eigenvalue weighted by Gasteiger charge is 2.24. The molecule has 1 unspecified atom stereocenters. The van der Waals surface area contributed by atoms with Gasteiger partial charge in [-0.3, -0.25) is 0 Å². The van der Waals surface area contributed by atoms with Crippen molar-refractivity contribution in [1.29, 1.82) is 0 Å². The molecule has 0 aromatic carbocycles. The van der Waals surface area contributed by atoms with Crippen molar-refractivity contribution in [2.24, 2.45) is 0 Å². The molecule has 7 nitrogen and oxygen atoms in total. The van der Waals surface area contributed by atoms with E-state index in [9.17, 15) is 5.11 Å². The largest absolute Gasteiger partial charge is 0.539 e. The third-order valence-corrected chi connectivity index (χ3v) is 6.54. The van der Waals surface area contributed by atoms with E-state index >= 15 is 0 Å². The van der Waals surface area contributed by atoms with Crippen LogP contribution in [0.2, 0.25) is 0 Å². The first kappa shape index (κ1) is 25.2. The first-order chi connectivity index (χ1) is 14.8. The molecule has 0 bridgehead atoms. The third kappa shape index (κ3) is 8.54. The van der Waals surface area contributed by atoms with E-state index in [1.807, 2.05) is 36.5 Å². The van der Waals surface area contributed by atoms with E-state index in [4.69, 9.17) is 24.5 Å². The number of carboxylic acid groups (broad SMARTS) is 2. The van der Waals surface area contributed by atoms with Gasteiger partial charge in [-0.25, -0.2) is 4.79 Å². The normalized spacial score (nSPS) is 17.0. The van der Waals surface area contributed by atoms with Gasteiger partial charge in [-0.1, -0.05) is 12.1 Å². The smallest absolute Gasteiger partial charge is 0.351 e. The predicted molar refractivity (Wildman–Crippen MR) is 119 cm³/mol. The molecule has 3 N–H and O–H groups in total. The van der Waals surface area contributed by atoms with Crippen LogP contribution in [0.1, 0.15) is 36.4 Å². The standard InChI is InChI=1S/C20H27NO2S2.C2H2O4/c1-15(2)23-14-17(22)13-21-9-7-16(8-10-21)20(18-5-3-11-24-18)19-6-4-12-25-19;3-1(4)2(5)6/h3-6,11-12,15,17,22H,7-10,13-14H2,1-2H3;(H,3,4)(H,5,6). The molecule has 3 rings (SSSR count). The van der Waals surface area contributed by atoms with Crippen LogP contribution in [0.3, 0.4) is 0 Å². The van der Waals surface area contributed by atoms with E-state index in [0.29, 0.717) is 6.61 Å². The highest BCUT2D eigenvalue weighted by molar-refractivity contribution is 7.13. The Morgan fingerprint density at radius 2 is 1.65 bits per heavy atom. The minimum absolute atomic E-state index is 0.180. The Bertz CT molecular complexity index is 787. The summed E-state index contributed by atoms with van der Waals surface area (Å²) in [5.41, 5.74) is 3.02. The van der Waals surface area contributed by atoms with Crippen LogP contribution in [0.5, 0.6) is 0 Å². The number of piperidine rings is 1. The molecule has 0 spiro atoms. The number of thiophene rings is 2. The van der Waals surface area contributed by atoms with Gasteiger partial charge >= 0.3 is 5.97 Å². The van der Waals surface area contributed by atoms with Gasteiger partial charge < -0.3 is 29.8 Å². The number of carboxylic acids is 2. The molecule has 1 aliphatic heterocycles. The van der Waals surface area contributed by atoms with Crippen molar-refractivity contribution in [3.63, 3.8) is 0 Å². The number of aliphatic carboxylic acids is 2. The van der Waals surface area contributed by atoms with Crippen LogP contribution in [-0.2, 0) is 14.3 Å². The summed E-state index contributed by atoms with van der Waals surface area (Å²) >= 11 is 3.66. The molecular weight excluding hydrogens is 438 g/mol. The lowest BCUT2D eigenvalue weighted by atomic mass is 9.95. The average molecular weight is 468 g/mol. The lowest BCUT2D eigenvalue weighted by Crippen LogP contribution is -3.14. The van der Waals surface area contributed by atoms with Gasteiger partial charge in [0.2, 0.25) is 0 Å². The molecule has 0 amide bonds. The number of aliphatic hydroxyl groups is 1. The zero-order valence-corrected chi connectivity index (χ0v) is 19.3. The summed E-state index contributed by atoms with van der Waals surface area (Å²) in [7, 11) is 0. The summed E-state index contributed by atoms with van der Waals surface area (Å²) in [5, 5.41) is 30.8. The van der Waals surface area contributed by atoms with Crippen molar-refractivity contribution in [1.82, 2.24) is 0 Å². The number of carbonyl (C=O) groups excluding carboxylic acids is 1. The van der Waals surface area contributed by atoms with E-state index in [1.54, 1.807) is 5.57 Å². The number of hydrogen-bond acceptors (Lipinski definition) is 7. The molecule has 0 aliphatic carbocycles. The number of nitrogens with one attached hydrogen (secondary N) is 1. The topological polar surface area (TPSA) is 111 Å². The molecule has 9 heteroatoms. The molecule has 0 radical (unpaired) electrons. The molecule has 170 valence electrons. The minimum atomic E-state index is -2.07. The van der Waals surface area contributed by atoms with Crippen LogP contribution in [0, 0.1) is 0 Å². The molecule has 1 fully saturated rings. The van der Waals surface area contributed by atoms with Crippen molar-refractivity contribution in [3.05, 3.63) is 50.4 Å². The van der Waals surface area contributed by atoms with E-state index in [2.05, 4.69) is 35.0 Å². The van der Waals surface area contributed by atoms with E-state index in [1.165, 1.54) is 20.2 Å². The predicted octanol–water partition coefficient (Wildman–Crippen LogP) is 0.897. The fraction of sp³-hybridized carbons (Fsp3) is 0.455. The van der Waals surface area contributed by atoms with Gasteiger partial charge in [0.25, 0.3) is 0 Å². The SMILES string of the molecule is CC(C)OCC(O)C[NH+]1CCC(=C(c2cccs2)c2cccs2)CC1.O=C([O-])C(=O)O. The average Bonchev–Trinajstić information content (AvgIpc) is 3.43. The van der Waals surface area contributed by atoms with Crippen LogP contribution < -0.4 is 10.0 Å². The second kappa shape index (κ2) is 12.7. The van der Waals surface area contributed by atoms with Crippen LogP contribution in [0.4, 0.5) is 0 Å². The first-order valence-electron chi connectivity index (χ1n) is 10.1. The lowest BCUT2D eigenvalue weighted by Gasteiger charge is -2.28. The van der Waals surface area contributed by atoms with E-state index in [-0.39, 0.29) is 12.2 Å². The molecule has 3 heterocycles. The molecule has 1 atom stereocenters. The summed E-state index contributed by atoms with van der Waals surface area (Å²) in [6.45, 7) is 7.43. The Kier molecular flexibility index (Phi) is 10.4. The summed E-state index contributed by atoms with van der Waals surface area (Å²) in [4.78, 5) is 22.3. The fourth-order valence-corrected chi connectivity index (χ4v) is 5.10. The quantitative estimate of drug-likeness (QED) is 0.522. The van der Waals surface area contributed by atoms with Gasteiger partial charge in [0.05, 0.1) is 25.8 Å². The number of quaternary nitrogens is 1. The Morgan fingerprint density at radius 3 is 2.03 bits per heavy atom. The zero-order valence-electron chi connectivity index (χ0n) is 17.7. The van der Waals surface area contributed by atoms with E-state index in [0.717, 1.165) is 32.5 Å². The number of ether oxygens (including phenoxy) is 1. The maximum atomic E-state index is 10.2. The number of rotatable bonds is 7. The van der Waals surface area contributed by atoms with Gasteiger partial charge in [0.1, 0.15) is 12.6 Å². The lowest BCUT2D eigenvalue weighted by molar-refractivity contribution is -0.906. The maximum Gasteiger partial charge on any atom is 0.351 e. The molecule has 2 aromatic rings. The summed E-state index contributed by atoms with van der Waals surface area (Å²) in [6, 6.07) is 8.75. The molecule has 2 aromatic heterocycles. The molecule has 0 saturated carbocycles. The van der Waals surface area contributed by atoms with Gasteiger partial charge in [-0.05, 0) is 42.3 Å². The molecule has 1 aliphatic rings. The molecule has 1 saturated heterocycles. The van der Waals surface area contributed by atoms with Crippen molar-refractivity contribution in [2.45, 2.75) is 38.9 Å². The number of aliphatic hydroxyl groups excluding tert-OH is 1. The van der Waals surface area contributed by atoms with Crippen LogP contribution in [0.25, 0.3) is 5.57 Å². The number of hydrogen-bond donors (Lipinski definition) is 3. The first-order valence-corrected chi connectivity index (χ1v) is 11.9. The number of likely N-dealkylation sites (tertiary alicyclic amines) is 1. The Hall–Kier alpha value is -2.04. The summed E-state index contributed by atoms with van der Waals surface area (Å²) in [5.74, 6) is -4.01. The third-order valence-electron chi connectivity index (χ3n) is 4.77.